The molecule has 0 amide bonds. The van der Waals surface area contributed by atoms with Crippen LogP contribution in [0.15, 0.2) is 22.9 Å². The van der Waals surface area contributed by atoms with Gasteiger partial charge in [0, 0.05) is 6.54 Å². The van der Waals surface area contributed by atoms with E-state index in [1.807, 2.05) is 6.92 Å². The van der Waals surface area contributed by atoms with Crippen LogP contribution in [-0.4, -0.2) is 16.5 Å². The largest absolute Gasteiger partial charge is 0.369 e. The number of halogens is 4. The fourth-order valence-corrected chi connectivity index (χ4v) is 2.53. The van der Waals surface area contributed by atoms with Crippen molar-refractivity contribution in [1.29, 1.82) is 0 Å². The normalized spacial score (nSPS) is 10.4. The van der Waals surface area contributed by atoms with Gasteiger partial charge in [0.2, 0.25) is 0 Å². The minimum Gasteiger partial charge on any atom is -0.369 e. The van der Waals surface area contributed by atoms with Crippen molar-refractivity contribution in [2.45, 2.75) is 6.92 Å². The van der Waals surface area contributed by atoms with E-state index >= 15 is 0 Å². The zero-order valence-electron chi connectivity index (χ0n) is 10.3. The molecular weight excluding hydrogens is 370 g/mol. The van der Waals surface area contributed by atoms with E-state index in [0.29, 0.717) is 28.3 Å². The Balaban J connectivity index is 2.38. The molecule has 1 heterocycles. The Bertz CT molecular complexity index is 616. The highest BCUT2D eigenvalue weighted by Crippen LogP contribution is 2.36. The van der Waals surface area contributed by atoms with Crippen LogP contribution < -0.4 is 10.6 Å². The predicted molar refractivity (Wildman–Crippen MR) is 83.6 cm³/mol. The first-order valence-electron chi connectivity index (χ1n) is 5.68. The molecule has 20 heavy (non-hydrogen) atoms. The molecule has 0 spiro atoms. The second-order valence-electron chi connectivity index (χ2n) is 3.78. The lowest BCUT2D eigenvalue weighted by molar-refractivity contribution is 0.628. The second-order valence-corrected chi connectivity index (χ2v) is 5.39. The minimum absolute atomic E-state index is 0.172. The molecule has 0 fully saturated rings. The van der Waals surface area contributed by atoms with Crippen molar-refractivity contribution < 1.29 is 4.39 Å². The Morgan fingerprint density at radius 1 is 1.20 bits per heavy atom. The highest BCUT2D eigenvalue weighted by Gasteiger charge is 2.13. The van der Waals surface area contributed by atoms with E-state index in [1.165, 1.54) is 18.5 Å². The number of hydrogen-bond acceptors (Lipinski definition) is 4. The lowest BCUT2D eigenvalue weighted by atomic mass is 10.3. The van der Waals surface area contributed by atoms with Gasteiger partial charge in [-0.1, -0.05) is 23.2 Å². The smallest absolute Gasteiger partial charge is 0.150 e. The molecule has 0 aliphatic heterocycles. The van der Waals surface area contributed by atoms with E-state index in [2.05, 4.69) is 36.5 Å². The van der Waals surface area contributed by atoms with Gasteiger partial charge in [-0.2, -0.15) is 0 Å². The molecule has 0 aliphatic rings. The van der Waals surface area contributed by atoms with E-state index in [4.69, 9.17) is 23.2 Å². The van der Waals surface area contributed by atoms with Gasteiger partial charge >= 0.3 is 0 Å². The summed E-state index contributed by atoms with van der Waals surface area (Å²) in [6.07, 6.45) is 1.40. The maximum absolute atomic E-state index is 13.1. The third-order valence-corrected chi connectivity index (χ3v) is 3.73. The molecule has 0 bridgehead atoms. The van der Waals surface area contributed by atoms with Gasteiger partial charge in [0.05, 0.1) is 15.7 Å². The van der Waals surface area contributed by atoms with Crippen molar-refractivity contribution >= 4 is 56.5 Å². The number of benzene rings is 1. The maximum atomic E-state index is 13.1. The summed E-state index contributed by atoms with van der Waals surface area (Å²) in [5.74, 6) is 0.617. The topological polar surface area (TPSA) is 49.8 Å². The number of anilines is 3. The van der Waals surface area contributed by atoms with Crippen LogP contribution in [0.5, 0.6) is 0 Å². The Hall–Kier alpha value is -1.11. The zero-order valence-corrected chi connectivity index (χ0v) is 13.4. The van der Waals surface area contributed by atoms with Crippen LogP contribution in [0.4, 0.5) is 21.7 Å². The third-order valence-electron chi connectivity index (χ3n) is 2.38. The molecule has 2 aromatic rings. The average molecular weight is 380 g/mol. The van der Waals surface area contributed by atoms with Crippen LogP contribution in [0.2, 0.25) is 10.0 Å². The molecule has 0 atom stereocenters. The van der Waals surface area contributed by atoms with Crippen LogP contribution >= 0.6 is 39.1 Å². The van der Waals surface area contributed by atoms with Gasteiger partial charge in [0.1, 0.15) is 28.3 Å². The number of nitrogens with zero attached hydrogens (tertiary/aromatic N) is 2. The van der Waals surface area contributed by atoms with Crippen LogP contribution in [0.3, 0.4) is 0 Å². The lowest BCUT2D eigenvalue weighted by Crippen LogP contribution is -2.04. The molecule has 2 N–H and O–H groups in total. The Kier molecular flexibility index (Phi) is 5.01. The predicted octanol–water partition coefficient (Wildman–Crippen LogP) is 4.86. The summed E-state index contributed by atoms with van der Waals surface area (Å²) in [6.45, 7) is 2.67. The zero-order chi connectivity index (χ0) is 14.7. The van der Waals surface area contributed by atoms with Crippen LogP contribution in [-0.2, 0) is 0 Å². The third kappa shape index (κ3) is 3.31. The van der Waals surface area contributed by atoms with Gasteiger partial charge in [0.15, 0.2) is 0 Å². The molecule has 0 aliphatic carbocycles. The number of hydrogen-bond donors (Lipinski definition) is 2. The Labute approximate surface area is 133 Å². The van der Waals surface area contributed by atoms with Crippen molar-refractivity contribution in [2.24, 2.45) is 0 Å². The van der Waals surface area contributed by atoms with E-state index in [0.717, 1.165) is 0 Å². The van der Waals surface area contributed by atoms with E-state index in [1.54, 1.807) is 0 Å². The summed E-state index contributed by atoms with van der Waals surface area (Å²) in [7, 11) is 0. The summed E-state index contributed by atoms with van der Waals surface area (Å²) >= 11 is 15.3. The minimum atomic E-state index is -0.499. The molecule has 0 unspecified atom stereocenters. The molecule has 0 saturated heterocycles. The summed E-state index contributed by atoms with van der Waals surface area (Å²) in [5.41, 5.74) is 0.386. The molecule has 2 rings (SSSR count). The first kappa shape index (κ1) is 15.3. The Morgan fingerprint density at radius 2 is 1.80 bits per heavy atom. The maximum Gasteiger partial charge on any atom is 0.150 e. The van der Waals surface area contributed by atoms with E-state index in [-0.39, 0.29) is 10.0 Å². The van der Waals surface area contributed by atoms with Gasteiger partial charge in [0.25, 0.3) is 0 Å². The number of aromatic nitrogens is 2. The molecular formula is C12H10BrCl2FN4. The summed E-state index contributed by atoms with van der Waals surface area (Å²) < 4.78 is 13.8. The lowest BCUT2D eigenvalue weighted by Gasteiger charge is -2.13. The number of nitrogens with one attached hydrogen (secondary N) is 2. The first-order valence-corrected chi connectivity index (χ1v) is 7.23. The summed E-state index contributed by atoms with van der Waals surface area (Å²) in [6, 6.07) is 2.35. The van der Waals surface area contributed by atoms with Gasteiger partial charge in [-0.05, 0) is 35.0 Å². The fraction of sp³-hybridized carbons (Fsp3) is 0.167. The second kappa shape index (κ2) is 6.56. The van der Waals surface area contributed by atoms with Gasteiger partial charge in [-0.25, -0.2) is 14.4 Å². The molecule has 0 radical (unpaired) electrons. The van der Waals surface area contributed by atoms with Gasteiger partial charge in [-0.15, -0.1) is 0 Å². The molecule has 106 valence electrons. The molecule has 0 saturated carbocycles. The molecule has 4 nitrogen and oxygen atoms in total. The van der Waals surface area contributed by atoms with Crippen molar-refractivity contribution in [3.63, 3.8) is 0 Å². The van der Waals surface area contributed by atoms with Gasteiger partial charge < -0.3 is 10.6 Å². The number of rotatable bonds is 4. The average Bonchev–Trinajstić information content (AvgIpc) is 2.38. The SMILES string of the molecule is CCNc1ncnc(Nc2c(Cl)cc(F)cc2Cl)c1Br. The van der Waals surface area contributed by atoms with Crippen molar-refractivity contribution in [3.8, 4) is 0 Å². The molecule has 1 aromatic carbocycles. The van der Waals surface area contributed by atoms with Crippen molar-refractivity contribution in [2.75, 3.05) is 17.2 Å². The summed E-state index contributed by atoms with van der Waals surface area (Å²) in [4.78, 5) is 8.20. The summed E-state index contributed by atoms with van der Waals surface area (Å²) in [5, 5.41) is 6.39. The van der Waals surface area contributed by atoms with Crippen molar-refractivity contribution in [3.05, 3.63) is 38.8 Å². The van der Waals surface area contributed by atoms with E-state index in [9.17, 15) is 4.39 Å². The van der Waals surface area contributed by atoms with Crippen LogP contribution in [0.25, 0.3) is 0 Å². The highest BCUT2D eigenvalue weighted by atomic mass is 79.9. The van der Waals surface area contributed by atoms with Crippen molar-refractivity contribution in [1.82, 2.24) is 9.97 Å². The van der Waals surface area contributed by atoms with Crippen LogP contribution in [0, 0.1) is 5.82 Å². The molecule has 8 heteroatoms. The fourth-order valence-electron chi connectivity index (χ4n) is 1.53. The first-order chi connectivity index (χ1) is 9.52. The molecule has 1 aromatic heterocycles. The quantitative estimate of drug-likeness (QED) is 0.796. The monoisotopic (exact) mass is 378 g/mol. The van der Waals surface area contributed by atoms with E-state index < -0.39 is 5.82 Å². The standard InChI is InChI=1S/C12H10BrCl2FN4/c1-2-17-11-9(13)12(19-5-18-11)20-10-7(14)3-6(16)4-8(10)15/h3-5H,2H2,1H3,(H2,17,18,19,20). The van der Waals surface area contributed by atoms with Gasteiger partial charge in [-0.3, -0.25) is 0 Å². The van der Waals surface area contributed by atoms with Crippen LogP contribution in [0.1, 0.15) is 6.92 Å². The highest BCUT2D eigenvalue weighted by molar-refractivity contribution is 9.10. The Morgan fingerprint density at radius 3 is 2.40 bits per heavy atom.